The van der Waals surface area contributed by atoms with Crippen molar-refractivity contribution in [1.29, 1.82) is 0 Å². The van der Waals surface area contributed by atoms with Crippen molar-refractivity contribution in [2.24, 2.45) is 5.92 Å². The van der Waals surface area contributed by atoms with E-state index >= 15 is 0 Å². The van der Waals surface area contributed by atoms with Crippen LogP contribution >= 0.6 is 11.6 Å². The number of hydrogen-bond donors (Lipinski definition) is 1. The molecule has 2 heterocycles. The summed E-state index contributed by atoms with van der Waals surface area (Å²) in [6.07, 6.45) is 1.72. The second kappa shape index (κ2) is 5.87. The molecular formula is C14H16ClN3O2S. The van der Waals surface area contributed by atoms with Crippen molar-refractivity contribution in [2.75, 3.05) is 18.8 Å². The average molecular weight is 326 g/mol. The van der Waals surface area contributed by atoms with Crippen LogP contribution in [0.3, 0.4) is 0 Å². The number of hydrogen-bond acceptors (Lipinski definition) is 5. The van der Waals surface area contributed by atoms with Crippen LogP contribution < -0.4 is 5.32 Å². The van der Waals surface area contributed by atoms with Gasteiger partial charge in [-0.15, -0.1) is 0 Å². The Morgan fingerprint density at radius 2 is 1.76 bits per heavy atom. The maximum Gasteiger partial charge on any atom is 0.199 e. The molecule has 1 aromatic carbocycles. The fraction of sp³-hybridized carbons (Fsp3) is 0.429. The second-order valence-corrected chi connectivity index (χ2v) is 7.59. The van der Waals surface area contributed by atoms with Crippen LogP contribution in [0.15, 0.2) is 29.3 Å². The molecule has 5 nitrogen and oxygen atoms in total. The van der Waals surface area contributed by atoms with Gasteiger partial charge in [-0.05, 0) is 44.0 Å². The van der Waals surface area contributed by atoms with Crippen LogP contribution in [-0.2, 0) is 9.84 Å². The number of nitrogens with one attached hydrogen (secondary N) is 1. The lowest BCUT2D eigenvalue weighted by Crippen LogP contribution is -2.31. The Labute approximate surface area is 128 Å². The molecule has 7 heteroatoms. The van der Waals surface area contributed by atoms with Gasteiger partial charge in [-0.25, -0.2) is 18.4 Å². The first-order chi connectivity index (χ1) is 10.1. The Hall–Kier alpha value is -1.24. The fourth-order valence-electron chi connectivity index (χ4n) is 2.60. The number of aromatic nitrogens is 2. The van der Waals surface area contributed by atoms with Gasteiger partial charge in [-0.1, -0.05) is 23.7 Å². The third-order valence-electron chi connectivity index (χ3n) is 3.71. The van der Waals surface area contributed by atoms with Gasteiger partial charge in [0.2, 0.25) is 0 Å². The molecule has 1 aliphatic rings. The smallest absolute Gasteiger partial charge is 0.199 e. The van der Waals surface area contributed by atoms with Crippen molar-refractivity contribution in [3.8, 4) is 0 Å². The van der Waals surface area contributed by atoms with Crippen molar-refractivity contribution in [1.82, 2.24) is 15.3 Å². The molecule has 0 unspecified atom stereocenters. The van der Waals surface area contributed by atoms with Crippen molar-refractivity contribution in [3.05, 3.63) is 29.4 Å². The average Bonchev–Trinajstić information content (AvgIpc) is 2.47. The lowest BCUT2D eigenvalue weighted by atomic mass is 10.0. The number of rotatable bonds is 3. The van der Waals surface area contributed by atoms with E-state index in [1.807, 2.05) is 6.07 Å². The van der Waals surface area contributed by atoms with Crippen LogP contribution in [0.1, 0.15) is 12.8 Å². The van der Waals surface area contributed by atoms with Gasteiger partial charge >= 0.3 is 0 Å². The lowest BCUT2D eigenvalue weighted by Gasteiger charge is -2.22. The van der Waals surface area contributed by atoms with Gasteiger partial charge < -0.3 is 5.32 Å². The van der Waals surface area contributed by atoms with E-state index in [2.05, 4.69) is 15.3 Å². The van der Waals surface area contributed by atoms with E-state index in [0.717, 1.165) is 25.9 Å². The molecule has 3 rings (SSSR count). The van der Waals surface area contributed by atoms with E-state index in [4.69, 9.17) is 11.6 Å². The minimum absolute atomic E-state index is 0.0392. The topological polar surface area (TPSA) is 72.0 Å². The number of halogens is 1. The zero-order chi connectivity index (χ0) is 14.9. The summed E-state index contributed by atoms with van der Waals surface area (Å²) in [5.74, 6) is 0.238. The Morgan fingerprint density at radius 1 is 1.14 bits per heavy atom. The van der Waals surface area contributed by atoms with E-state index in [0.29, 0.717) is 11.0 Å². The summed E-state index contributed by atoms with van der Waals surface area (Å²) in [5, 5.41) is 3.09. The number of para-hydroxylation sites is 2. The van der Waals surface area contributed by atoms with E-state index in [9.17, 15) is 8.42 Å². The van der Waals surface area contributed by atoms with Crippen molar-refractivity contribution in [2.45, 2.75) is 17.9 Å². The molecule has 0 atom stereocenters. The van der Waals surface area contributed by atoms with Crippen molar-refractivity contribution in [3.63, 3.8) is 0 Å². The van der Waals surface area contributed by atoms with Crippen LogP contribution in [0, 0.1) is 5.92 Å². The van der Waals surface area contributed by atoms with Gasteiger partial charge in [0, 0.05) is 0 Å². The molecule has 21 heavy (non-hydrogen) atoms. The van der Waals surface area contributed by atoms with Crippen molar-refractivity contribution < 1.29 is 8.42 Å². The SMILES string of the molecule is O=S(=O)(CC1CCNCC1)c1nc2ccccc2nc1Cl. The summed E-state index contributed by atoms with van der Waals surface area (Å²) < 4.78 is 25.1. The van der Waals surface area contributed by atoms with Gasteiger partial charge in [0.15, 0.2) is 20.0 Å². The van der Waals surface area contributed by atoms with E-state index in [1.165, 1.54) is 0 Å². The van der Waals surface area contributed by atoms with Crippen LogP contribution in [0.4, 0.5) is 0 Å². The van der Waals surface area contributed by atoms with Gasteiger partial charge in [0.05, 0.1) is 16.8 Å². The molecule has 0 amide bonds. The standard InChI is InChI=1S/C14H16ClN3O2S/c15-13-14(18-12-4-2-1-3-11(12)17-13)21(19,20)9-10-5-7-16-8-6-10/h1-4,10,16H,5-9H2. The Bertz CT molecular complexity index is 758. The van der Waals surface area contributed by atoms with Gasteiger partial charge in [-0.3, -0.25) is 0 Å². The third kappa shape index (κ3) is 3.17. The monoisotopic (exact) mass is 325 g/mol. The molecule has 2 aromatic rings. The zero-order valence-electron chi connectivity index (χ0n) is 11.4. The molecule has 0 radical (unpaired) electrons. The number of nitrogens with zero attached hydrogens (tertiary/aromatic N) is 2. The molecule has 1 aromatic heterocycles. The van der Waals surface area contributed by atoms with E-state index in [1.54, 1.807) is 18.2 Å². The first-order valence-corrected chi connectivity index (χ1v) is 8.95. The first-order valence-electron chi connectivity index (χ1n) is 6.92. The summed E-state index contributed by atoms with van der Waals surface area (Å²) in [7, 11) is -3.52. The van der Waals surface area contributed by atoms with E-state index < -0.39 is 9.84 Å². The predicted molar refractivity (Wildman–Crippen MR) is 82.2 cm³/mol. The third-order valence-corrected chi connectivity index (χ3v) is 5.87. The maximum atomic E-state index is 12.6. The molecule has 1 aliphatic heterocycles. The zero-order valence-corrected chi connectivity index (χ0v) is 13.0. The molecule has 0 aliphatic carbocycles. The Balaban J connectivity index is 1.95. The largest absolute Gasteiger partial charge is 0.317 e. The molecule has 112 valence electrons. The highest BCUT2D eigenvalue weighted by Gasteiger charge is 2.27. The van der Waals surface area contributed by atoms with Gasteiger partial charge in [-0.2, -0.15) is 0 Å². The fourth-order valence-corrected chi connectivity index (χ4v) is 4.74. The normalized spacial score (nSPS) is 17.2. The second-order valence-electron chi connectivity index (χ2n) is 5.28. The summed E-state index contributed by atoms with van der Waals surface area (Å²) in [6, 6.07) is 7.12. The minimum atomic E-state index is -3.52. The highest BCUT2D eigenvalue weighted by atomic mass is 35.5. The van der Waals surface area contributed by atoms with E-state index in [-0.39, 0.29) is 21.8 Å². The number of sulfone groups is 1. The number of benzene rings is 1. The molecular weight excluding hydrogens is 310 g/mol. The Morgan fingerprint density at radius 3 is 2.43 bits per heavy atom. The molecule has 1 fully saturated rings. The maximum absolute atomic E-state index is 12.6. The summed E-state index contributed by atoms with van der Waals surface area (Å²) in [5.41, 5.74) is 1.15. The summed E-state index contributed by atoms with van der Waals surface area (Å²) in [4.78, 5) is 8.36. The van der Waals surface area contributed by atoms with Crippen LogP contribution in [0.25, 0.3) is 11.0 Å². The molecule has 1 N–H and O–H groups in total. The molecule has 0 spiro atoms. The summed E-state index contributed by atoms with van der Waals surface area (Å²) >= 11 is 6.04. The molecule has 0 bridgehead atoms. The van der Waals surface area contributed by atoms with Crippen molar-refractivity contribution >= 4 is 32.5 Å². The first kappa shape index (κ1) is 14.7. The minimum Gasteiger partial charge on any atom is -0.317 e. The molecule has 1 saturated heterocycles. The van der Waals surface area contributed by atoms with Crippen LogP contribution in [0.2, 0.25) is 5.15 Å². The van der Waals surface area contributed by atoms with Crippen LogP contribution in [-0.4, -0.2) is 37.2 Å². The van der Waals surface area contributed by atoms with Gasteiger partial charge in [0.25, 0.3) is 0 Å². The predicted octanol–water partition coefficient (Wildman–Crippen LogP) is 2.06. The Kier molecular flexibility index (Phi) is 4.10. The summed E-state index contributed by atoms with van der Waals surface area (Å²) in [6.45, 7) is 1.72. The highest BCUT2D eigenvalue weighted by molar-refractivity contribution is 7.91. The highest BCUT2D eigenvalue weighted by Crippen LogP contribution is 2.25. The van der Waals surface area contributed by atoms with Crippen LogP contribution in [0.5, 0.6) is 0 Å². The molecule has 0 saturated carbocycles. The quantitative estimate of drug-likeness (QED) is 0.935. The lowest BCUT2D eigenvalue weighted by molar-refractivity contribution is 0.401. The number of fused-ring (bicyclic) bond motifs is 1. The number of piperidine rings is 1. The van der Waals surface area contributed by atoms with Gasteiger partial charge in [0.1, 0.15) is 0 Å².